The molecule has 5 aliphatic rings. The van der Waals surface area contributed by atoms with E-state index in [1.54, 1.807) is 64.1 Å². The van der Waals surface area contributed by atoms with Crippen molar-refractivity contribution in [2.45, 2.75) is 277 Å². The van der Waals surface area contributed by atoms with Gasteiger partial charge in [0, 0.05) is 18.8 Å². The maximum atomic E-state index is 17.5. The van der Waals surface area contributed by atoms with Crippen molar-refractivity contribution in [1.29, 1.82) is 0 Å². The van der Waals surface area contributed by atoms with Crippen LogP contribution < -0.4 is 5.32 Å². The van der Waals surface area contributed by atoms with E-state index in [9.17, 15) is 14.4 Å². The zero-order chi connectivity index (χ0) is 62.4. The fourth-order valence-electron chi connectivity index (χ4n) is 15.4. The maximum Gasteiger partial charge on any atom is 0.509 e. The largest absolute Gasteiger partial charge is 0.509 e. The SMILES string of the molecule is CC[Si](CC)(CC)O[C@H]1C(=O)[C@@]2(C)C([C@H](OC(=O)c3ccccc3)[C@]34OC(=O)O[C@H]3[C@H](OC(=O)[C@H](O[Si](C(C)C)(C(C)C)C(C)C)[C@H](C=C(C)C)NC(=O)OC(C)(C)C)C(C)=C1C4(C)C)[C@]1(OC(C)=O)CO[C@@H]1C[C@@H]2O[Si](CC)(CC)CC. The van der Waals surface area contributed by atoms with Crippen molar-refractivity contribution >= 4 is 60.9 Å². The maximum absolute atomic E-state index is 17.5. The Balaban J connectivity index is 1.79. The minimum Gasteiger partial charge on any atom is -0.454 e. The molecule has 4 fully saturated rings. The molecule has 17 nitrogen and oxygen atoms in total. The van der Waals surface area contributed by atoms with Crippen molar-refractivity contribution in [3.8, 4) is 0 Å². The molecule has 20 heteroatoms. The molecule has 1 unspecified atom stereocenters. The van der Waals surface area contributed by atoms with Crippen LogP contribution >= 0.6 is 0 Å². The first-order chi connectivity index (χ1) is 38.6. The van der Waals surface area contributed by atoms with Crippen molar-refractivity contribution in [2.24, 2.45) is 16.7 Å². The van der Waals surface area contributed by atoms with Gasteiger partial charge in [-0.05, 0) is 125 Å². The molecule has 1 aromatic carbocycles. The number of ketones is 1. The summed E-state index contributed by atoms with van der Waals surface area (Å²) in [6.45, 7) is 42.3. The Morgan fingerprint density at radius 3 is 1.81 bits per heavy atom. The van der Waals surface area contributed by atoms with Gasteiger partial charge >= 0.3 is 30.2 Å². The van der Waals surface area contributed by atoms with E-state index in [0.717, 1.165) is 23.7 Å². The lowest BCUT2D eigenvalue weighted by Gasteiger charge is -2.68. The summed E-state index contributed by atoms with van der Waals surface area (Å²) in [6, 6.07) is 11.2. The summed E-state index contributed by atoms with van der Waals surface area (Å²) in [5.41, 5.74) is -6.67. The Morgan fingerprint density at radius 1 is 0.795 bits per heavy atom. The predicted molar refractivity (Wildman–Crippen MR) is 324 cm³/mol. The monoisotopic (exact) mass is 1210 g/mol. The molecular formula is C63H101NO16Si3. The zero-order valence-electron chi connectivity index (χ0n) is 54.1. The van der Waals surface area contributed by atoms with Gasteiger partial charge in [-0.3, -0.25) is 9.59 Å². The summed E-state index contributed by atoms with van der Waals surface area (Å²) in [4.78, 5) is 92.0. The van der Waals surface area contributed by atoms with Crippen LogP contribution in [0.25, 0.3) is 0 Å². The lowest BCUT2D eigenvalue weighted by atomic mass is 9.44. The number of fused-ring (bicyclic) bond motifs is 4. The standard InChI is InChI=1S/C63H101NO16Si3/c1-23-81(24-2,25-3)78-45-35-46-62(36-71-46,75-42(16)65)51-54(73-55(67)43-32-30-29-31-33-43)63-53(74-58(70)77-63)48(41(15)47(60(63,20)21)50(52(66)61(45,51)22)79-82(26-4,27-5)28-6)72-56(68)49(80-83(38(9)10,39(11)12)40(13)14)44(34-37(7)8)64-57(69)76-59(17,18)19/h29-34,38-40,44-46,48-51,53-54H,23-28,35-36H2,1-22H3,(H,64,69)/t44-,45-,46+,48+,49+,50+,51?,53-,54-,61+,62-,63+/m0/s1. The minimum absolute atomic E-state index is 0.0459. The molecule has 0 aromatic heterocycles. The number of alkyl carbamates (subject to hydrolysis) is 1. The Hall–Kier alpha value is -4.19. The van der Waals surface area contributed by atoms with Gasteiger partial charge in [0.05, 0.1) is 35.6 Å². The molecule has 6 rings (SSSR count). The highest BCUT2D eigenvalue weighted by Gasteiger charge is 2.83. The highest BCUT2D eigenvalue weighted by molar-refractivity contribution is 6.78. The Kier molecular flexibility index (Phi) is 20.7. The van der Waals surface area contributed by atoms with E-state index in [1.807, 2.05) is 34.6 Å². The molecular weight excluding hydrogens is 1110 g/mol. The molecule has 2 aliphatic heterocycles. The van der Waals surface area contributed by atoms with Crippen LogP contribution in [0.4, 0.5) is 9.59 Å². The summed E-state index contributed by atoms with van der Waals surface area (Å²) >= 11 is 0. The number of hydrogen-bond donors (Lipinski definition) is 1. The van der Waals surface area contributed by atoms with E-state index in [0.29, 0.717) is 29.3 Å². The second kappa shape index (κ2) is 25.3. The first kappa shape index (κ1) is 67.9. The zero-order valence-corrected chi connectivity index (χ0v) is 57.1. The normalized spacial score (nSPS) is 29.4. The summed E-state index contributed by atoms with van der Waals surface area (Å²) in [5.74, 6) is -4.21. The Labute approximate surface area is 498 Å². The molecule has 2 saturated heterocycles. The Morgan fingerprint density at radius 2 is 1.34 bits per heavy atom. The summed E-state index contributed by atoms with van der Waals surface area (Å²) < 4.78 is 69.4. The highest BCUT2D eigenvalue weighted by atomic mass is 28.4. The lowest BCUT2D eigenvalue weighted by molar-refractivity contribution is -0.344. The molecule has 0 radical (unpaired) electrons. The number of allylic oxidation sites excluding steroid dienone is 1. The third kappa shape index (κ3) is 12.0. The second-order valence-corrected chi connectivity index (χ2v) is 41.9. The van der Waals surface area contributed by atoms with Crippen LogP contribution in [0.5, 0.6) is 0 Å². The molecule has 2 heterocycles. The fourth-order valence-corrected chi connectivity index (χ4v) is 26.6. The topological polar surface area (TPSA) is 207 Å². The van der Waals surface area contributed by atoms with E-state index in [4.69, 9.17) is 46.4 Å². The number of rotatable bonds is 23. The molecule has 466 valence electrons. The van der Waals surface area contributed by atoms with E-state index >= 15 is 14.4 Å². The van der Waals surface area contributed by atoms with E-state index in [-0.39, 0.29) is 35.2 Å². The number of Topliss-reactive ketones (excluding diaryl/α,β-unsaturated/α-hetero) is 1. The molecule has 1 aromatic rings. The molecule has 12 atom stereocenters. The van der Waals surface area contributed by atoms with Crippen molar-refractivity contribution in [1.82, 2.24) is 5.32 Å². The van der Waals surface area contributed by atoms with Crippen molar-refractivity contribution in [3.63, 3.8) is 0 Å². The first-order valence-electron chi connectivity index (χ1n) is 30.7. The van der Waals surface area contributed by atoms with Crippen LogP contribution in [0, 0.1) is 16.7 Å². The van der Waals surface area contributed by atoms with Crippen LogP contribution in [0.3, 0.4) is 0 Å². The van der Waals surface area contributed by atoms with Gasteiger partial charge in [0.25, 0.3) is 0 Å². The van der Waals surface area contributed by atoms with Crippen LogP contribution in [0.15, 0.2) is 53.1 Å². The predicted octanol–water partition coefficient (Wildman–Crippen LogP) is 13.3. The molecule has 1 N–H and O–H groups in total. The van der Waals surface area contributed by atoms with Crippen molar-refractivity contribution in [3.05, 3.63) is 58.7 Å². The van der Waals surface area contributed by atoms with Gasteiger partial charge in [0.1, 0.15) is 17.8 Å². The number of amides is 1. The van der Waals surface area contributed by atoms with E-state index < -0.39 is 143 Å². The average Bonchev–Trinajstić information content (AvgIpc) is 1.75. The van der Waals surface area contributed by atoms with Crippen LogP contribution in [0.2, 0.25) is 52.9 Å². The number of benzene rings is 1. The summed E-state index contributed by atoms with van der Waals surface area (Å²) in [7, 11) is -8.67. The average molecular weight is 1210 g/mol. The third-order valence-electron chi connectivity index (χ3n) is 20.0. The van der Waals surface area contributed by atoms with Crippen molar-refractivity contribution < 1.29 is 75.2 Å². The van der Waals surface area contributed by atoms with Gasteiger partial charge in [-0.1, -0.05) is 127 Å². The van der Waals surface area contributed by atoms with Gasteiger partial charge in [-0.25, -0.2) is 19.2 Å². The number of esters is 3. The van der Waals surface area contributed by atoms with E-state index in [1.165, 1.54) is 6.92 Å². The van der Waals surface area contributed by atoms with Gasteiger partial charge in [-0.15, -0.1) is 0 Å². The van der Waals surface area contributed by atoms with Crippen LogP contribution in [-0.4, -0.2) is 133 Å². The second-order valence-electron chi connectivity index (χ2n) is 27.0. The van der Waals surface area contributed by atoms with Gasteiger partial charge < -0.3 is 51.8 Å². The highest BCUT2D eigenvalue weighted by Crippen LogP contribution is 2.68. The summed E-state index contributed by atoms with van der Waals surface area (Å²) in [5, 5.41) is 2.96. The molecule has 1 amide bonds. The number of nitrogens with one attached hydrogen (secondary N) is 1. The van der Waals surface area contributed by atoms with Crippen molar-refractivity contribution in [2.75, 3.05) is 6.61 Å². The molecule has 3 aliphatic carbocycles. The lowest BCUT2D eigenvalue weighted by Crippen LogP contribution is -2.84. The smallest absolute Gasteiger partial charge is 0.454 e. The van der Waals surface area contributed by atoms with Crippen LogP contribution in [-0.2, 0) is 60.8 Å². The fraction of sp³-hybridized carbons (Fsp3) is 0.746. The molecule has 2 bridgehead atoms. The van der Waals surface area contributed by atoms with Gasteiger partial charge in [-0.2, -0.15) is 0 Å². The minimum atomic E-state index is -3.08. The number of ether oxygens (including phenoxy) is 7. The molecule has 2 saturated carbocycles. The summed E-state index contributed by atoms with van der Waals surface area (Å²) in [6.07, 6.45) is -9.75. The first-order valence-corrected chi connectivity index (χ1v) is 37.9. The van der Waals surface area contributed by atoms with Gasteiger partial charge in [0.2, 0.25) is 13.9 Å². The van der Waals surface area contributed by atoms with E-state index in [2.05, 4.69) is 88.4 Å². The number of hydrogen-bond acceptors (Lipinski definition) is 16. The van der Waals surface area contributed by atoms with Gasteiger partial charge in [0.15, 0.2) is 52.4 Å². The quantitative estimate of drug-likeness (QED) is 0.0468. The number of carbonyl (C=O) groups excluding carboxylic acids is 6. The molecule has 1 spiro atoms. The third-order valence-corrected chi connectivity index (χ3v) is 35.3. The number of carbonyl (C=O) groups is 6. The molecule has 83 heavy (non-hydrogen) atoms. The Bertz CT molecular complexity index is 2580. The van der Waals surface area contributed by atoms with Crippen LogP contribution in [0.1, 0.15) is 169 Å².